The highest BCUT2D eigenvalue weighted by atomic mass is 32.2. The van der Waals surface area contributed by atoms with Gasteiger partial charge in [-0.2, -0.15) is 4.57 Å². The van der Waals surface area contributed by atoms with Crippen molar-refractivity contribution in [3.05, 3.63) is 155 Å². The molecule has 11 rings (SSSR count). The SMILES string of the molecule is Cc1ccc(-c2cc3c4c(c2)-n2c5ccc(C(C)(C)C)cc5c5cc(C(C)(C)C)cc(c52)B4c2cc(C(C)(C)C)ccc2S3)cc1-c1n(-c2c(C(C)C)cccc2C(C)C)c2ccccc2[n+]1C. The molecule has 0 saturated heterocycles. The van der Waals surface area contributed by atoms with Crippen molar-refractivity contribution >= 4 is 67.7 Å². The van der Waals surface area contributed by atoms with E-state index >= 15 is 0 Å². The van der Waals surface area contributed by atoms with E-state index in [4.69, 9.17) is 0 Å². The van der Waals surface area contributed by atoms with E-state index in [9.17, 15) is 0 Å². The molecule has 0 radical (unpaired) electrons. The van der Waals surface area contributed by atoms with Gasteiger partial charge in [-0.15, -0.1) is 0 Å². The summed E-state index contributed by atoms with van der Waals surface area (Å²) in [5, 5.41) is 2.70. The van der Waals surface area contributed by atoms with Crippen molar-refractivity contribution in [3.8, 4) is 33.9 Å². The van der Waals surface area contributed by atoms with Gasteiger partial charge in [-0.1, -0.05) is 174 Å². The van der Waals surface area contributed by atoms with Crippen LogP contribution in [-0.2, 0) is 23.3 Å². The molecular weight excluding hydrogens is 842 g/mol. The Balaban J connectivity index is 1.22. The zero-order valence-corrected chi connectivity index (χ0v) is 43.8. The van der Waals surface area contributed by atoms with E-state index in [0.717, 1.165) is 0 Å². The van der Waals surface area contributed by atoms with Gasteiger partial charge in [0.25, 0.3) is 5.82 Å². The van der Waals surface area contributed by atoms with Crippen LogP contribution >= 0.6 is 11.8 Å². The number of hydrogen-bond donors (Lipinski definition) is 0. The predicted octanol–water partition coefficient (Wildman–Crippen LogP) is 14.6. The minimum Gasteiger partial charge on any atom is -0.310 e. The fourth-order valence-electron chi connectivity index (χ4n) is 11.5. The van der Waals surface area contributed by atoms with Gasteiger partial charge in [0, 0.05) is 42.9 Å². The number of aromatic nitrogens is 3. The van der Waals surface area contributed by atoms with Gasteiger partial charge in [0.05, 0.1) is 18.1 Å². The molecule has 0 unspecified atom stereocenters. The molecule has 9 aromatic rings. The average molecular weight is 909 g/mol. The molecule has 5 heteroatoms. The normalized spacial score (nSPS) is 13.7. The summed E-state index contributed by atoms with van der Waals surface area (Å²) in [4.78, 5) is 2.71. The van der Waals surface area contributed by atoms with Gasteiger partial charge >= 0.3 is 0 Å². The van der Waals surface area contributed by atoms with Crippen molar-refractivity contribution in [2.24, 2.45) is 7.05 Å². The highest BCUT2D eigenvalue weighted by Gasteiger charge is 2.42. The zero-order valence-electron chi connectivity index (χ0n) is 43.0. The second kappa shape index (κ2) is 15.4. The minimum absolute atomic E-state index is 0.0219. The molecule has 4 heterocycles. The van der Waals surface area contributed by atoms with E-state index in [1.807, 2.05) is 11.8 Å². The van der Waals surface area contributed by atoms with Gasteiger partial charge in [-0.25, -0.2) is 4.57 Å². The highest BCUT2D eigenvalue weighted by molar-refractivity contribution is 8.00. The van der Waals surface area contributed by atoms with Gasteiger partial charge < -0.3 is 4.57 Å². The Kier molecular flexibility index (Phi) is 10.1. The molecule has 0 atom stereocenters. The number of hydrogen-bond acceptors (Lipinski definition) is 1. The Labute approximate surface area is 409 Å². The number of nitrogens with zero attached hydrogens (tertiary/aromatic N) is 3. The van der Waals surface area contributed by atoms with Crippen LogP contribution in [-0.4, -0.2) is 15.8 Å². The van der Waals surface area contributed by atoms with Crippen LogP contribution in [0.1, 0.15) is 135 Å². The lowest BCUT2D eigenvalue weighted by Crippen LogP contribution is -2.59. The average Bonchev–Trinajstić information content (AvgIpc) is 3.77. The standard InChI is InChI=1S/C63H67BN3S/c1-36(2)44-19-18-20-45(37(3)4)58(44)67-53-22-17-16-21-52(53)65(15)60(67)46-29-39(24-23-38(46)5)40-30-54-57-56(31-40)68-55-28-26-42(62(9,10)11)34-49(55)64(57)50-35-43(63(12,13)14)33-48-47-32-41(61(6,7)8)25-27-51(47)66(54)59(48)50/h16-37H,1-15H3/q+1. The molecule has 0 N–H and O–H groups in total. The molecule has 2 aliphatic heterocycles. The number of imidazole rings is 1. The van der Waals surface area contributed by atoms with Gasteiger partial charge in [-0.05, 0) is 134 Å². The van der Waals surface area contributed by atoms with E-state index in [2.05, 4.69) is 239 Å². The number of fused-ring (bicyclic) bond motifs is 8. The topological polar surface area (TPSA) is 13.7 Å². The summed E-state index contributed by atoms with van der Waals surface area (Å²) in [5.74, 6) is 1.92. The molecule has 0 amide bonds. The summed E-state index contributed by atoms with van der Waals surface area (Å²) in [5.41, 5.74) is 23.9. The Morgan fingerprint density at radius 2 is 1.18 bits per heavy atom. The predicted molar refractivity (Wildman–Crippen MR) is 294 cm³/mol. The number of rotatable bonds is 5. The smallest absolute Gasteiger partial charge is 0.295 e. The maximum atomic E-state index is 2.65. The zero-order chi connectivity index (χ0) is 48.1. The monoisotopic (exact) mass is 909 g/mol. The first-order valence-electron chi connectivity index (χ1n) is 25.0. The summed E-state index contributed by atoms with van der Waals surface area (Å²) in [6, 6.07) is 47.9. The summed E-state index contributed by atoms with van der Waals surface area (Å²) < 4.78 is 7.67. The van der Waals surface area contributed by atoms with Crippen molar-refractivity contribution in [1.82, 2.24) is 9.13 Å². The number of para-hydroxylation sites is 3. The van der Waals surface area contributed by atoms with E-state index in [1.165, 1.54) is 126 Å². The third kappa shape index (κ3) is 6.80. The van der Waals surface area contributed by atoms with Gasteiger partial charge in [0.1, 0.15) is 5.69 Å². The third-order valence-electron chi connectivity index (χ3n) is 15.4. The van der Waals surface area contributed by atoms with E-state index < -0.39 is 0 Å². The Morgan fingerprint density at radius 3 is 1.85 bits per heavy atom. The Bertz CT molecular complexity index is 3550. The van der Waals surface area contributed by atoms with E-state index in [-0.39, 0.29) is 23.0 Å². The van der Waals surface area contributed by atoms with Gasteiger partial charge in [-0.3, -0.25) is 0 Å². The van der Waals surface area contributed by atoms with Crippen LogP contribution in [0.2, 0.25) is 0 Å². The van der Waals surface area contributed by atoms with Gasteiger partial charge in [0.15, 0.2) is 11.0 Å². The molecule has 2 aromatic heterocycles. The van der Waals surface area contributed by atoms with Crippen LogP contribution in [0.3, 0.4) is 0 Å². The highest BCUT2D eigenvalue weighted by Crippen LogP contribution is 2.45. The van der Waals surface area contributed by atoms with Crippen molar-refractivity contribution in [2.45, 2.75) is 135 Å². The largest absolute Gasteiger partial charge is 0.310 e. The Hall–Kier alpha value is -5.78. The van der Waals surface area contributed by atoms with Crippen molar-refractivity contribution in [3.63, 3.8) is 0 Å². The first-order chi connectivity index (χ1) is 32.1. The second-order valence-corrected chi connectivity index (χ2v) is 24.9. The van der Waals surface area contributed by atoms with Crippen LogP contribution in [0.25, 0.3) is 66.7 Å². The molecule has 3 nitrogen and oxygen atoms in total. The summed E-state index contributed by atoms with van der Waals surface area (Å²) in [7, 11) is 2.26. The molecule has 0 bridgehead atoms. The number of benzene rings is 7. The van der Waals surface area contributed by atoms with Crippen molar-refractivity contribution in [1.29, 1.82) is 0 Å². The fourth-order valence-corrected chi connectivity index (χ4v) is 12.7. The maximum Gasteiger partial charge on any atom is 0.295 e. The van der Waals surface area contributed by atoms with E-state index in [1.54, 1.807) is 0 Å². The Morgan fingerprint density at radius 1 is 0.544 bits per heavy atom. The molecular formula is C63H67BN3S+. The molecule has 68 heavy (non-hydrogen) atoms. The van der Waals surface area contributed by atoms with Crippen LogP contribution < -0.4 is 21.0 Å². The summed E-state index contributed by atoms with van der Waals surface area (Å²) >= 11 is 1.96. The van der Waals surface area contributed by atoms with Crippen LogP contribution in [0, 0.1) is 6.92 Å². The fraction of sp³-hybridized carbons (Fsp3) is 0.317. The van der Waals surface area contributed by atoms with E-state index in [0.29, 0.717) is 11.8 Å². The molecule has 7 aromatic carbocycles. The lowest BCUT2D eigenvalue weighted by atomic mass is 9.35. The van der Waals surface area contributed by atoms with Crippen molar-refractivity contribution < 1.29 is 4.57 Å². The third-order valence-corrected chi connectivity index (χ3v) is 16.5. The van der Waals surface area contributed by atoms with Crippen LogP contribution in [0.5, 0.6) is 0 Å². The first kappa shape index (κ1) is 44.7. The lowest BCUT2D eigenvalue weighted by molar-refractivity contribution is -0.633. The molecule has 0 fully saturated rings. The minimum atomic E-state index is -0.0219. The molecule has 342 valence electrons. The molecule has 0 spiro atoms. The van der Waals surface area contributed by atoms with Crippen molar-refractivity contribution in [2.75, 3.05) is 0 Å². The maximum absolute atomic E-state index is 2.65. The lowest BCUT2D eigenvalue weighted by Gasteiger charge is -2.35. The molecule has 0 saturated carbocycles. The molecule has 0 aliphatic carbocycles. The second-order valence-electron chi connectivity index (χ2n) is 23.8. The quantitative estimate of drug-likeness (QED) is 0.124. The molecule has 2 aliphatic rings. The first-order valence-corrected chi connectivity index (χ1v) is 25.8. The van der Waals surface area contributed by atoms with Crippen LogP contribution in [0.15, 0.2) is 131 Å². The van der Waals surface area contributed by atoms with Crippen LogP contribution in [0.4, 0.5) is 0 Å². The summed E-state index contributed by atoms with van der Waals surface area (Å²) in [6.07, 6.45) is 0. The number of aryl methyl sites for hydroxylation is 2. The summed E-state index contributed by atoms with van der Waals surface area (Å²) in [6.45, 7) is 32.9. The van der Waals surface area contributed by atoms with Gasteiger partial charge in [0.2, 0.25) is 6.71 Å².